The van der Waals surface area contributed by atoms with Gasteiger partial charge in [0.2, 0.25) is 0 Å². The third-order valence-corrected chi connectivity index (χ3v) is 5.78. The van der Waals surface area contributed by atoms with Crippen LogP contribution in [0.1, 0.15) is 6.42 Å². The first kappa shape index (κ1) is 21.6. The van der Waals surface area contributed by atoms with Gasteiger partial charge in [0.15, 0.2) is 0 Å². The molecule has 33 heavy (non-hydrogen) atoms. The molecule has 0 radical (unpaired) electrons. The number of aliphatic hydroxyl groups is 1. The molecule has 1 atom stereocenters. The molecule has 1 aromatic heterocycles. The fourth-order valence-corrected chi connectivity index (χ4v) is 3.87. The van der Waals surface area contributed by atoms with E-state index in [1.165, 1.54) is 23.4 Å². The van der Waals surface area contributed by atoms with Gasteiger partial charge in [-0.2, -0.15) is 0 Å². The number of nitrogens with zero attached hydrogens (tertiary/aromatic N) is 3. The average Bonchev–Trinajstić information content (AvgIpc) is 3.28. The third-order valence-electron chi connectivity index (χ3n) is 5.49. The number of hydrogen-bond acceptors (Lipinski definition) is 7. The number of ether oxygens (including phenoxy) is 2. The SMILES string of the molecule is O=C(Nc1cc2c(Nc3ccc(F)c(Cl)c3)ncnc2cc1O[C@H]1CCOC1)N1CC(O)C1. The number of carbonyl (C=O) groups excluding carboxylic acids is 1. The van der Waals surface area contributed by atoms with Gasteiger partial charge < -0.3 is 30.1 Å². The lowest BCUT2D eigenvalue weighted by Crippen LogP contribution is -2.54. The third kappa shape index (κ3) is 4.63. The Kier molecular flexibility index (Phi) is 5.88. The monoisotopic (exact) mass is 473 g/mol. The zero-order valence-corrected chi connectivity index (χ0v) is 18.2. The van der Waals surface area contributed by atoms with Gasteiger partial charge in [-0.3, -0.25) is 0 Å². The van der Waals surface area contributed by atoms with E-state index in [9.17, 15) is 14.3 Å². The second-order valence-electron chi connectivity index (χ2n) is 7.93. The van der Waals surface area contributed by atoms with E-state index in [4.69, 9.17) is 21.1 Å². The van der Waals surface area contributed by atoms with Gasteiger partial charge in [-0.1, -0.05) is 11.6 Å². The van der Waals surface area contributed by atoms with Crippen LogP contribution in [0.25, 0.3) is 10.9 Å². The van der Waals surface area contributed by atoms with Gasteiger partial charge in [-0.25, -0.2) is 19.2 Å². The Labute approximate surface area is 193 Å². The van der Waals surface area contributed by atoms with Crippen molar-refractivity contribution in [3.05, 3.63) is 47.5 Å². The van der Waals surface area contributed by atoms with Gasteiger partial charge in [-0.05, 0) is 24.3 Å². The summed E-state index contributed by atoms with van der Waals surface area (Å²) in [5.41, 5.74) is 1.58. The Hall–Kier alpha value is -3.21. The van der Waals surface area contributed by atoms with E-state index in [1.54, 1.807) is 18.2 Å². The van der Waals surface area contributed by atoms with E-state index in [0.29, 0.717) is 47.1 Å². The molecule has 2 saturated heterocycles. The molecule has 9 nitrogen and oxygen atoms in total. The number of benzene rings is 2. The molecule has 0 unspecified atom stereocenters. The van der Waals surface area contributed by atoms with Crippen molar-refractivity contribution in [1.29, 1.82) is 0 Å². The number of rotatable bonds is 5. The number of β-amino-alcohol motifs (C(OH)–C–C–N with tert-alkyl or cyclic N) is 1. The number of nitrogens with one attached hydrogen (secondary N) is 2. The molecule has 3 N–H and O–H groups in total. The summed E-state index contributed by atoms with van der Waals surface area (Å²) in [6.45, 7) is 1.62. The summed E-state index contributed by atoms with van der Waals surface area (Å²) in [5.74, 6) is 0.392. The largest absolute Gasteiger partial charge is 0.486 e. The summed E-state index contributed by atoms with van der Waals surface area (Å²) in [7, 11) is 0. The summed E-state index contributed by atoms with van der Waals surface area (Å²) < 4.78 is 25.0. The van der Waals surface area contributed by atoms with E-state index in [0.717, 1.165) is 6.42 Å². The van der Waals surface area contributed by atoms with Gasteiger partial charge in [-0.15, -0.1) is 0 Å². The van der Waals surface area contributed by atoms with Crippen LogP contribution >= 0.6 is 11.6 Å². The number of anilines is 3. The fourth-order valence-electron chi connectivity index (χ4n) is 3.69. The van der Waals surface area contributed by atoms with Crippen LogP contribution in [-0.2, 0) is 4.74 Å². The summed E-state index contributed by atoms with van der Waals surface area (Å²) in [6.07, 6.45) is 1.50. The molecule has 2 aromatic carbocycles. The number of halogens is 2. The van der Waals surface area contributed by atoms with Crippen molar-refractivity contribution in [1.82, 2.24) is 14.9 Å². The van der Waals surface area contributed by atoms with Crippen LogP contribution in [0.5, 0.6) is 5.75 Å². The highest BCUT2D eigenvalue weighted by molar-refractivity contribution is 6.31. The van der Waals surface area contributed by atoms with Gasteiger partial charge in [0.25, 0.3) is 0 Å². The maximum absolute atomic E-state index is 13.5. The predicted molar refractivity (Wildman–Crippen MR) is 121 cm³/mol. The molecule has 2 amide bonds. The average molecular weight is 474 g/mol. The lowest BCUT2D eigenvalue weighted by atomic mass is 10.1. The quantitative estimate of drug-likeness (QED) is 0.520. The van der Waals surface area contributed by atoms with E-state index in [2.05, 4.69) is 20.6 Å². The Bertz CT molecular complexity index is 1200. The summed E-state index contributed by atoms with van der Waals surface area (Å²) >= 11 is 5.90. The highest BCUT2D eigenvalue weighted by Crippen LogP contribution is 2.35. The normalized spacial score (nSPS) is 18.3. The number of aliphatic hydroxyl groups excluding tert-OH is 1. The van der Waals surface area contributed by atoms with Crippen molar-refractivity contribution in [3.63, 3.8) is 0 Å². The van der Waals surface area contributed by atoms with Crippen LogP contribution in [0, 0.1) is 5.82 Å². The molecule has 2 aliphatic heterocycles. The van der Waals surface area contributed by atoms with E-state index in [1.807, 2.05) is 0 Å². The highest BCUT2D eigenvalue weighted by atomic mass is 35.5. The first-order valence-electron chi connectivity index (χ1n) is 10.5. The van der Waals surface area contributed by atoms with Gasteiger partial charge >= 0.3 is 6.03 Å². The van der Waals surface area contributed by atoms with E-state index < -0.39 is 11.9 Å². The Morgan fingerprint density at radius 3 is 2.85 bits per heavy atom. The van der Waals surface area contributed by atoms with Crippen LogP contribution < -0.4 is 15.4 Å². The zero-order valence-electron chi connectivity index (χ0n) is 17.4. The molecule has 172 valence electrons. The number of aromatic nitrogens is 2. The fraction of sp³-hybridized carbons (Fsp3) is 0.318. The standard InChI is InChI=1S/C22H21ClFN5O4/c23-16-5-12(1-2-17(16)24)27-21-15-6-19(28-22(31)29-8-13(30)9-29)20(7-18(15)25-11-26-21)33-14-3-4-32-10-14/h1-2,5-7,11,13-14,30H,3-4,8-10H2,(H,28,31)(H,25,26,27)/t14-/m0/s1. The van der Waals surface area contributed by atoms with Gasteiger partial charge in [0, 0.05) is 23.6 Å². The van der Waals surface area contributed by atoms with Crippen molar-refractivity contribution in [2.75, 3.05) is 36.9 Å². The first-order valence-corrected chi connectivity index (χ1v) is 10.8. The Morgan fingerprint density at radius 2 is 2.12 bits per heavy atom. The zero-order chi connectivity index (χ0) is 22.9. The number of likely N-dealkylation sites (tertiary alicyclic amines) is 1. The summed E-state index contributed by atoms with van der Waals surface area (Å²) in [5, 5.41) is 16.1. The minimum absolute atomic E-state index is 0.0162. The molecule has 0 saturated carbocycles. The topological polar surface area (TPSA) is 109 Å². The molecule has 5 rings (SSSR count). The minimum atomic E-state index is -0.520. The lowest BCUT2D eigenvalue weighted by Gasteiger charge is -2.35. The first-order chi connectivity index (χ1) is 16.0. The minimum Gasteiger partial charge on any atom is -0.486 e. The maximum Gasteiger partial charge on any atom is 0.322 e. The second kappa shape index (κ2) is 8.97. The maximum atomic E-state index is 13.5. The van der Waals surface area contributed by atoms with Gasteiger partial charge in [0.05, 0.1) is 48.6 Å². The van der Waals surface area contributed by atoms with Crippen molar-refractivity contribution in [2.24, 2.45) is 0 Å². The van der Waals surface area contributed by atoms with Crippen LogP contribution in [-0.4, -0.2) is 64.5 Å². The summed E-state index contributed by atoms with van der Waals surface area (Å²) in [4.78, 5) is 22.8. The number of fused-ring (bicyclic) bond motifs is 1. The molecule has 0 spiro atoms. The molecule has 2 aliphatic rings. The highest BCUT2D eigenvalue weighted by Gasteiger charge is 2.30. The molecular weight excluding hydrogens is 453 g/mol. The van der Waals surface area contributed by atoms with E-state index >= 15 is 0 Å². The second-order valence-corrected chi connectivity index (χ2v) is 8.34. The summed E-state index contributed by atoms with van der Waals surface area (Å²) in [6, 6.07) is 7.38. The van der Waals surface area contributed by atoms with Gasteiger partial charge in [0.1, 0.15) is 29.8 Å². The molecule has 3 aromatic rings. The lowest BCUT2D eigenvalue weighted by molar-refractivity contribution is 0.0308. The number of urea groups is 1. The molecule has 3 heterocycles. The molecule has 0 aliphatic carbocycles. The van der Waals surface area contributed by atoms with Crippen LogP contribution in [0.4, 0.5) is 26.4 Å². The number of amides is 2. The van der Waals surface area contributed by atoms with E-state index in [-0.39, 0.29) is 30.2 Å². The Balaban J connectivity index is 1.50. The van der Waals surface area contributed by atoms with Crippen molar-refractivity contribution >= 4 is 45.7 Å². The smallest absolute Gasteiger partial charge is 0.322 e. The molecular formula is C22H21ClFN5O4. The Morgan fingerprint density at radius 1 is 1.27 bits per heavy atom. The number of carbonyl (C=O) groups is 1. The van der Waals surface area contributed by atoms with Crippen molar-refractivity contribution in [3.8, 4) is 5.75 Å². The molecule has 0 bridgehead atoms. The predicted octanol–water partition coefficient (Wildman–Crippen LogP) is 3.54. The van der Waals surface area contributed by atoms with Crippen LogP contribution in [0.2, 0.25) is 5.02 Å². The van der Waals surface area contributed by atoms with Crippen LogP contribution in [0.15, 0.2) is 36.7 Å². The molecule has 2 fully saturated rings. The van der Waals surface area contributed by atoms with Crippen LogP contribution in [0.3, 0.4) is 0 Å². The van der Waals surface area contributed by atoms with Crippen molar-refractivity contribution in [2.45, 2.75) is 18.6 Å². The van der Waals surface area contributed by atoms with Crippen molar-refractivity contribution < 1.29 is 23.8 Å². The molecule has 11 heteroatoms. The number of hydrogen-bond donors (Lipinski definition) is 3.